The van der Waals surface area contributed by atoms with Crippen LogP contribution in [0.15, 0.2) is 18.2 Å². The van der Waals surface area contributed by atoms with Crippen LogP contribution < -0.4 is 10.6 Å². The molecule has 0 heterocycles. The van der Waals surface area contributed by atoms with Gasteiger partial charge in [0.1, 0.15) is 5.75 Å². The van der Waals surface area contributed by atoms with Gasteiger partial charge in [-0.3, -0.25) is 9.59 Å². The molecule has 0 aliphatic heterocycles. The van der Waals surface area contributed by atoms with E-state index in [0.717, 1.165) is 0 Å². The van der Waals surface area contributed by atoms with Crippen LogP contribution >= 0.6 is 0 Å². The minimum absolute atomic E-state index is 0.0817. The van der Waals surface area contributed by atoms with Gasteiger partial charge in [-0.15, -0.1) is 0 Å². The normalized spacial score (nSPS) is 10.9. The lowest BCUT2D eigenvalue weighted by Crippen LogP contribution is -2.43. The van der Waals surface area contributed by atoms with E-state index < -0.39 is 5.41 Å². The summed E-state index contributed by atoms with van der Waals surface area (Å²) in [5.41, 5.74) is 0.398. The molecule has 0 fully saturated rings. The van der Waals surface area contributed by atoms with Gasteiger partial charge in [0.2, 0.25) is 5.91 Å². The summed E-state index contributed by atoms with van der Waals surface area (Å²) >= 11 is 0. The number of carbonyl (C=O) groups excluding carboxylic acids is 2. The van der Waals surface area contributed by atoms with Crippen molar-refractivity contribution in [2.75, 3.05) is 13.6 Å². The van der Waals surface area contributed by atoms with E-state index >= 15 is 0 Å². The predicted molar refractivity (Wildman–Crippen MR) is 73.0 cm³/mol. The largest absolute Gasteiger partial charge is 0.508 e. The maximum absolute atomic E-state index is 11.9. The average Bonchev–Trinajstić information content (AvgIpc) is 2.38. The van der Waals surface area contributed by atoms with E-state index in [9.17, 15) is 14.7 Å². The number of phenols is 1. The molecule has 0 bridgehead atoms. The summed E-state index contributed by atoms with van der Waals surface area (Å²) in [5, 5.41) is 14.8. The maximum atomic E-state index is 11.9. The molecule has 0 aliphatic rings. The fraction of sp³-hybridized carbons (Fsp3) is 0.429. The molecular formula is C14H20N2O3. The molecule has 0 radical (unpaired) electrons. The zero-order valence-corrected chi connectivity index (χ0v) is 11.7. The summed E-state index contributed by atoms with van der Waals surface area (Å²) in [6.07, 6.45) is 0. The Bertz CT molecular complexity index is 495. The van der Waals surface area contributed by atoms with Crippen LogP contribution in [-0.2, 0) is 4.79 Å². The molecular weight excluding hydrogens is 244 g/mol. The van der Waals surface area contributed by atoms with Gasteiger partial charge in [-0.2, -0.15) is 0 Å². The number of phenolic OH excluding ortho intramolecular Hbond substituents is 1. The van der Waals surface area contributed by atoms with E-state index in [1.807, 2.05) is 0 Å². The van der Waals surface area contributed by atoms with Crippen LogP contribution in [0.1, 0.15) is 29.8 Å². The number of aromatic hydroxyl groups is 1. The fourth-order valence-electron chi connectivity index (χ4n) is 1.57. The molecule has 5 heteroatoms. The van der Waals surface area contributed by atoms with E-state index in [1.54, 1.807) is 40.0 Å². The van der Waals surface area contributed by atoms with E-state index in [0.29, 0.717) is 11.1 Å². The van der Waals surface area contributed by atoms with Crippen molar-refractivity contribution in [3.05, 3.63) is 29.3 Å². The zero-order valence-electron chi connectivity index (χ0n) is 11.7. The minimum atomic E-state index is -0.683. The first-order chi connectivity index (χ1) is 8.77. The predicted octanol–water partition coefficient (Wildman–Crippen LogP) is 1.20. The van der Waals surface area contributed by atoms with Crippen LogP contribution in [0.4, 0.5) is 0 Å². The van der Waals surface area contributed by atoms with Crippen molar-refractivity contribution in [3.63, 3.8) is 0 Å². The van der Waals surface area contributed by atoms with E-state index in [1.165, 1.54) is 6.07 Å². The summed E-state index contributed by atoms with van der Waals surface area (Å²) in [7, 11) is 1.56. The molecule has 2 amide bonds. The number of nitrogens with one attached hydrogen (secondary N) is 2. The first-order valence-corrected chi connectivity index (χ1v) is 6.08. The third-order valence-electron chi connectivity index (χ3n) is 3.00. The Morgan fingerprint density at radius 1 is 1.32 bits per heavy atom. The second-order valence-electron chi connectivity index (χ2n) is 5.15. The van der Waals surface area contributed by atoms with Crippen molar-refractivity contribution in [1.29, 1.82) is 0 Å². The summed E-state index contributed by atoms with van der Waals surface area (Å²) < 4.78 is 0. The van der Waals surface area contributed by atoms with Crippen LogP contribution in [0.2, 0.25) is 0 Å². The monoisotopic (exact) mass is 264 g/mol. The summed E-state index contributed by atoms with van der Waals surface area (Å²) in [4.78, 5) is 23.5. The lowest BCUT2D eigenvalue weighted by Gasteiger charge is -2.22. The molecule has 1 aromatic carbocycles. The first kappa shape index (κ1) is 15.0. The van der Waals surface area contributed by atoms with Crippen LogP contribution in [0, 0.1) is 12.3 Å². The number of hydrogen-bond donors (Lipinski definition) is 3. The Kier molecular flexibility index (Phi) is 4.53. The maximum Gasteiger partial charge on any atom is 0.251 e. The van der Waals surface area contributed by atoms with Gasteiger partial charge in [0, 0.05) is 19.2 Å². The molecule has 0 atom stereocenters. The third kappa shape index (κ3) is 3.71. The molecule has 19 heavy (non-hydrogen) atoms. The SMILES string of the molecule is CNC(=O)C(C)(C)CNC(=O)c1ccc(C)c(O)c1. The van der Waals surface area contributed by atoms with Crippen molar-refractivity contribution in [3.8, 4) is 5.75 Å². The van der Waals surface area contributed by atoms with Gasteiger partial charge in [0.15, 0.2) is 0 Å². The minimum Gasteiger partial charge on any atom is -0.508 e. The Hall–Kier alpha value is -2.04. The molecule has 104 valence electrons. The van der Waals surface area contributed by atoms with Gasteiger partial charge in [0.05, 0.1) is 5.41 Å². The molecule has 0 spiro atoms. The molecule has 0 aromatic heterocycles. The number of carbonyl (C=O) groups is 2. The van der Waals surface area contributed by atoms with Gasteiger partial charge < -0.3 is 15.7 Å². The average molecular weight is 264 g/mol. The summed E-state index contributed by atoms with van der Waals surface area (Å²) in [6.45, 7) is 5.48. The molecule has 3 N–H and O–H groups in total. The third-order valence-corrected chi connectivity index (χ3v) is 3.00. The van der Waals surface area contributed by atoms with Crippen LogP contribution in [-0.4, -0.2) is 30.5 Å². The lowest BCUT2D eigenvalue weighted by molar-refractivity contribution is -0.128. The first-order valence-electron chi connectivity index (χ1n) is 6.08. The van der Waals surface area contributed by atoms with Gasteiger partial charge in [-0.1, -0.05) is 6.07 Å². The van der Waals surface area contributed by atoms with Crippen LogP contribution in [0.5, 0.6) is 5.75 Å². The topological polar surface area (TPSA) is 78.4 Å². The zero-order chi connectivity index (χ0) is 14.6. The number of aryl methyl sites for hydroxylation is 1. The summed E-state index contributed by atoms with van der Waals surface area (Å²) in [6, 6.07) is 4.73. The second kappa shape index (κ2) is 5.73. The molecule has 0 saturated carbocycles. The highest BCUT2D eigenvalue weighted by atomic mass is 16.3. The second-order valence-corrected chi connectivity index (χ2v) is 5.15. The van der Waals surface area contributed by atoms with Crippen molar-refractivity contribution in [2.24, 2.45) is 5.41 Å². The number of amides is 2. The van der Waals surface area contributed by atoms with Crippen LogP contribution in [0.3, 0.4) is 0 Å². The van der Waals surface area contributed by atoms with Crippen molar-refractivity contribution >= 4 is 11.8 Å². The number of benzene rings is 1. The van der Waals surface area contributed by atoms with Gasteiger partial charge in [-0.05, 0) is 38.5 Å². The highest BCUT2D eigenvalue weighted by molar-refractivity contribution is 5.95. The Balaban J connectivity index is 2.70. The van der Waals surface area contributed by atoms with Crippen molar-refractivity contribution in [2.45, 2.75) is 20.8 Å². The molecule has 1 aromatic rings. The smallest absolute Gasteiger partial charge is 0.251 e. The Labute approximate surface area is 113 Å². The summed E-state index contributed by atoms with van der Waals surface area (Å²) in [5.74, 6) is -0.370. The standard InChI is InChI=1S/C14H20N2O3/c1-9-5-6-10(7-11(9)17)12(18)16-8-14(2,3)13(19)15-4/h5-7,17H,8H2,1-4H3,(H,15,19)(H,16,18). The highest BCUT2D eigenvalue weighted by Crippen LogP contribution is 2.18. The number of rotatable bonds is 4. The van der Waals surface area contributed by atoms with Crippen molar-refractivity contribution in [1.82, 2.24) is 10.6 Å². The van der Waals surface area contributed by atoms with Crippen molar-refractivity contribution < 1.29 is 14.7 Å². The molecule has 5 nitrogen and oxygen atoms in total. The van der Waals surface area contributed by atoms with E-state index in [2.05, 4.69) is 10.6 Å². The molecule has 0 unspecified atom stereocenters. The molecule has 0 saturated heterocycles. The van der Waals surface area contributed by atoms with Crippen LogP contribution in [0.25, 0.3) is 0 Å². The Morgan fingerprint density at radius 2 is 1.95 bits per heavy atom. The Morgan fingerprint density at radius 3 is 2.47 bits per heavy atom. The lowest BCUT2D eigenvalue weighted by atomic mass is 9.92. The van der Waals surface area contributed by atoms with Gasteiger partial charge >= 0.3 is 0 Å². The quantitative estimate of drug-likeness (QED) is 0.764. The fourth-order valence-corrected chi connectivity index (χ4v) is 1.57. The van der Waals surface area contributed by atoms with Gasteiger partial charge in [0.25, 0.3) is 5.91 Å². The van der Waals surface area contributed by atoms with E-state index in [4.69, 9.17) is 0 Å². The molecule has 1 rings (SSSR count). The number of hydrogen-bond acceptors (Lipinski definition) is 3. The highest BCUT2D eigenvalue weighted by Gasteiger charge is 2.27. The molecule has 0 aliphatic carbocycles. The van der Waals surface area contributed by atoms with Gasteiger partial charge in [-0.25, -0.2) is 0 Å². The van der Waals surface area contributed by atoms with E-state index in [-0.39, 0.29) is 24.1 Å².